The molecule has 4 heteroatoms. The lowest BCUT2D eigenvalue weighted by Gasteiger charge is -1.95. The lowest BCUT2D eigenvalue weighted by Crippen LogP contribution is -2.12. The van der Waals surface area contributed by atoms with Crippen LogP contribution < -0.4 is 5.64 Å². The molecule has 0 aromatic carbocycles. The van der Waals surface area contributed by atoms with Gasteiger partial charge in [0.1, 0.15) is 0 Å². The molecule has 0 atom stereocenters. The molecular formula is C2H8BNO2. The van der Waals surface area contributed by atoms with E-state index in [1.54, 1.807) is 0 Å². The van der Waals surface area contributed by atoms with Crippen LogP contribution in [0.1, 0.15) is 6.92 Å². The van der Waals surface area contributed by atoms with Gasteiger partial charge in [-0.2, -0.15) is 0 Å². The summed E-state index contributed by atoms with van der Waals surface area (Å²) >= 11 is 0. The molecule has 0 aromatic heterocycles. The van der Waals surface area contributed by atoms with E-state index < -0.39 is 0 Å². The van der Waals surface area contributed by atoms with E-state index in [2.05, 4.69) is 15.2 Å². The van der Waals surface area contributed by atoms with Crippen LogP contribution in [0, 0.1) is 0 Å². The van der Waals surface area contributed by atoms with Crippen molar-refractivity contribution in [2.45, 2.75) is 6.92 Å². The topological polar surface area (TPSA) is 30.5 Å². The van der Waals surface area contributed by atoms with Crippen LogP contribution in [0.15, 0.2) is 0 Å². The minimum absolute atomic E-state index is 0.619. The maximum Gasteiger partial charge on any atom is 0.290 e. The molecule has 0 aliphatic heterocycles. The van der Waals surface area contributed by atoms with Crippen molar-refractivity contribution < 1.29 is 9.59 Å². The molecule has 1 N–H and O–H groups in total. The molecular weight excluding hydrogens is 80.8 g/mol. The molecule has 0 saturated heterocycles. The number of nitrogens with one attached hydrogen (secondary N) is 1. The number of hydrogen-bond acceptors (Lipinski definition) is 3. The molecule has 0 radical (unpaired) electrons. The van der Waals surface area contributed by atoms with Crippen LogP contribution in [-0.2, 0) is 9.59 Å². The van der Waals surface area contributed by atoms with E-state index in [-0.39, 0.29) is 0 Å². The second-order valence-electron chi connectivity index (χ2n) is 0.720. The normalized spacial score (nSPS) is 8.83. The van der Waals surface area contributed by atoms with Crippen LogP contribution >= 0.6 is 0 Å². The zero-order chi connectivity index (χ0) is 4.83. The maximum absolute atomic E-state index is 4.51. The van der Waals surface area contributed by atoms with Crippen molar-refractivity contribution in [3.63, 3.8) is 0 Å². The molecule has 0 spiro atoms. The molecule has 0 amide bonds. The van der Waals surface area contributed by atoms with Crippen molar-refractivity contribution in [3.05, 3.63) is 0 Å². The smallest absolute Gasteiger partial charge is 0.290 e. The zero-order valence-corrected chi connectivity index (χ0v) is 4.02. The van der Waals surface area contributed by atoms with Gasteiger partial charge in [-0.1, -0.05) is 5.64 Å². The van der Waals surface area contributed by atoms with Crippen molar-refractivity contribution in [2.75, 3.05) is 6.61 Å². The Bertz CT molecular complexity index is 23.5. The first kappa shape index (κ1) is 5.94. The molecule has 36 valence electrons. The van der Waals surface area contributed by atoms with Gasteiger partial charge in [-0.25, -0.2) is 0 Å². The van der Waals surface area contributed by atoms with Crippen molar-refractivity contribution in [1.29, 1.82) is 0 Å². The second-order valence-corrected chi connectivity index (χ2v) is 0.720. The molecule has 3 nitrogen and oxygen atoms in total. The van der Waals surface area contributed by atoms with Gasteiger partial charge in [0.25, 0.3) is 8.05 Å². The van der Waals surface area contributed by atoms with E-state index in [0.717, 1.165) is 0 Å². The van der Waals surface area contributed by atoms with Crippen LogP contribution in [0.5, 0.6) is 0 Å². The molecule has 0 aliphatic carbocycles. The van der Waals surface area contributed by atoms with Crippen molar-refractivity contribution in [2.24, 2.45) is 0 Å². The third-order valence-corrected chi connectivity index (χ3v) is 0.287. The fourth-order valence-electron chi connectivity index (χ4n) is 0.118. The lowest BCUT2D eigenvalue weighted by atomic mass is 10.6. The van der Waals surface area contributed by atoms with Gasteiger partial charge >= 0.3 is 0 Å². The van der Waals surface area contributed by atoms with Gasteiger partial charge in [0.05, 0.1) is 6.61 Å². The Hall–Kier alpha value is -0.0551. The largest absolute Gasteiger partial charge is 0.351 e. The van der Waals surface area contributed by atoms with E-state index in [9.17, 15) is 0 Å². The summed E-state index contributed by atoms with van der Waals surface area (Å²) in [5.41, 5.74) is 2.20. The first-order chi connectivity index (χ1) is 2.91. The molecule has 0 bridgehead atoms. The predicted octanol–water partition coefficient (Wildman–Crippen LogP) is -0.993. The minimum Gasteiger partial charge on any atom is -0.351 e. The number of hydrogen-bond donors (Lipinski definition) is 1. The summed E-state index contributed by atoms with van der Waals surface area (Å²) in [4.78, 5) is 4.51. The Balaban J connectivity index is 2.34. The van der Waals surface area contributed by atoms with Crippen LogP contribution in [0.3, 0.4) is 0 Å². The highest BCUT2D eigenvalue weighted by Gasteiger charge is 1.68. The Morgan fingerprint density at radius 2 is 2.50 bits per heavy atom. The van der Waals surface area contributed by atoms with Gasteiger partial charge in [0.15, 0.2) is 0 Å². The Kier molecular flexibility index (Phi) is 4.90. The highest BCUT2D eigenvalue weighted by molar-refractivity contribution is 5.97. The minimum atomic E-state index is 0.619. The average molecular weight is 88.9 g/mol. The first-order valence-electron chi connectivity index (χ1n) is 1.81. The molecule has 0 heterocycles. The standard InChI is InChI=1S/C2H8BNO2/c1-2-5-4-6-3/h4H,2-3H2,1H3. The lowest BCUT2D eigenvalue weighted by molar-refractivity contribution is -0.0980. The van der Waals surface area contributed by atoms with E-state index in [4.69, 9.17) is 0 Å². The van der Waals surface area contributed by atoms with Crippen LogP contribution in [-0.4, -0.2) is 14.7 Å². The predicted molar refractivity (Wildman–Crippen MR) is 24.4 cm³/mol. The molecule has 0 saturated carbocycles. The molecule has 0 unspecified atom stereocenters. The third-order valence-electron chi connectivity index (χ3n) is 0.287. The SMILES string of the molecule is BONOCC. The van der Waals surface area contributed by atoms with Crippen molar-refractivity contribution in [3.8, 4) is 0 Å². The van der Waals surface area contributed by atoms with E-state index in [0.29, 0.717) is 6.61 Å². The summed E-state index contributed by atoms with van der Waals surface area (Å²) in [5.74, 6) is 0. The molecule has 0 aliphatic rings. The fourth-order valence-corrected chi connectivity index (χ4v) is 0.118. The van der Waals surface area contributed by atoms with Gasteiger partial charge in [-0.15, -0.1) is 0 Å². The highest BCUT2D eigenvalue weighted by Crippen LogP contribution is 1.58. The summed E-state index contributed by atoms with van der Waals surface area (Å²) < 4.78 is 4.31. The van der Waals surface area contributed by atoms with E-state index in [1.165, 1.54) is 8.05 Å². The molecule has 6 heavy (non-hydrogen) atoms. The van der Waals surface area contributed by atoms with Gasteiger partial charge in [0, 0.05) is 0 Å². The van der Waals surface area contributed by atoms with Gasteiger partial charge < -0.3 is 4.76 Å². The zero-order valence-electron chi connectivity index (χ0n) is 4.02. The first-order valence-corrected chi connectivity index (χ1v) is 1.81. The summed E-state index contributed by atoms with van der Waals surface area (Å²) in [6, 6.07) is 0. The van der Waals surface area contributed by atoms with E-state index >= 15 is 0 Å². The van der Waals surface area contributed by atoms with Gasteiger partial charge in [-0.3, -0.25) is 4.84 Å². The van der Waals surface area contributed by atoms with Crippen LogP contribution in [0.2, 0.25) is 0 Å². The van der Waals surface area contributed by atoms with Crippen molar-refractivity contribution in [1.82, 2.24) is 5.64 Å². The Labute approximate surface area is 38.0 Å². The fraction of sp³-hybridized carbons (Fsp3) is 1.00. The van der Waals surface area contributed by atoms with Gasteiger partial charge in [0.2, 0.25) is 0 Å². The molecule has 0 aromatic rings. The highest BCUT2D eigenvalue weighted by atomic mass is 16.9. The summed E-state index contributed by atoms with van der Waals surface area (Å²) in [6.45, 7) is 2.49. The van der Waals surface area contributed by atoms with Crippen LogP contribution in [0.4, 0.5) is 0 Å². The number of rotatable bonds is 3. The second kappa shape index (κ2) is 4.94. The van der Waals surface area contributed by atoms with Crippen molar-refractivity contribution >= 4 is 8.05 Å². The quantitative estimate of drug-likeness (QED) is 0.273. The maximum atomic E-state index is 4.51. The Morgan fingerprint density at radius 1 is 1.83 bits per heavy atom. The average Bonchev–Trinajstić information content (AvgIpc) is 1.61. The van der Waals surface area contributed by atoms with Gasteiger partial charge in [-0.05, 0) is 6.92 Å². The van der Waals surface area contributed by atoms with E-state index in [1.807, 2.05) is 6.92 Å². The third kappa shape index (κ3) is 3.94. The monoisotopic (exact) mass is 89.1 g/mol. The molecule has 0 fully saturated rings. The Morgan fingerprint density at radius 3 is 2.67 bits per heavy atom. The summed E-state index contributed by atoms with van der Waals surface area (Å²) in [6.07, 6.45) is 0. The summed E-state index contributed by atoms with van der Waals surface area (Å²) in [7, 11) is 1.50. The summed E-state index contributed by atoms with van der Waals surface area (Å²) in [5, 5.41) is 0. The van der Waals surface area contributed by atoms with Crippen LogP contribution in [0.25, 0.3) is 0 Å². The molecule has 0 rings (SSSR count).